The van der Waals surface area contributed by atoms with Gasteiger partial charge in [-0.2, -0.15) is 0 Å². The first-order valence-corrected chi connectivity index (χ1v) is 15.0. The molecule has 6 heteroatoms. The van der Waals surface area contributed by atoms with Crippen molar-refractivity contribution in [2.75, 3.05) is 13.1 Å². The molecule has 6 nitrogen and oxygen atoms in total. The van der Waals surface area contributed by atoms with Crippen molar-refractivity contribution in [3.8, 4) is 0 Å². The van der Waals surface area contributed by atoms with Crippen LogP contribution in [0.3, 0.4) is 0 Å². The van der Waals surface area contributed by atoms with Crippen LogP contribution >= 0.6 is 0 Å². The Morgan fingerprint density at radius 2 is 1.85 bits per heavy atom. The second-order valence-corrected chi connectivity index (χ2v) is 14.2. The molecule has 0 amide bonds. The van der Waals surface area contributed by atoms with Crippen LogP contribution in [0.15, 0.2) is 60.0 Å². The number of ether oxygens (including phenoxy) is 1. The molecule has 4 heterocycles. The summed E-state index contributed by atoms with van der Waals surface area (Å²) in [7, 11) is 0. The summed E-state index contributed by atoms with van der Waals surface area (Å²) in [6.45, 7) is 3.38. The zero-order valence-corrected chi connectivity index (χ0v) is 22.6. The maximum atomic E-state index is 11.2. The van der Waals surface area contributed by atoms with Gasteiger partial charge in [0.25, 0.3) is 0 Å². The fourth-order valence-corrected chi connectivity index (χ4v) is 10.8. The normalized spacial score (nSPS) is 49.6. The highest BCUT2D eigenvalue weighted by molar-refractivity contribution is 5.82. The number of hydrogen-bond acceptors (Lipinski definition) is 6. The number of nitrogens with zero attached hydrogens (tertiary/aromatic N) is 2. The van der Waals surface area contributed by atoms with Crippen molar-refractivity contribution in [1.29, 1.82) is 0 Å². The summed E-state index contributed by atoms with van der Waals surface area (Å²) in [5.41, 5.74) is 3.87. The minimum absolute atomic E-state index is 0.0980. The topological polar surface area (TPSA) is 86.1 Å². The van der Waals surface area contributed by atoms with Crippen LogP contribution in [0.1, 0.15) is 57.4 Å². The first-order chi connectivity index (χ1) is 18.8. The van der Waals surface area contributed by atoms with Crippen LogP contribution in [-0.2, 0) is 10.2 Å². The summed E-state index contributed by atoms with van der Waals surface area (Å²) < 4.78 is 7.46. The third kappa shape index (κ3) is 2.78. The molecule has 39 heavy (non-hydrogen) atoms. The summed E-state index contributed by atoms with van der Waals surface area (Å²) >= 11 is 0. The van der Waals surface area contributed by atoms with Crippen molar-refractivity contribution in [2.45, 2.75) is 92.8 Å². The Labute approximate surface area is 229 Å². The van der Waals surface area contributed by atoms with Crippen LogP contribution in [0.4, 0.5) is 0 Å². The standard InChI is InChI=1S/C33H38N2O4/c1-30-6-4-22-11-23-12-26(36)25(35-17-27(37)28(38)18-35)15-31(23)7-8-33(22,39-31)29(30)13-24-14-32(24,30)21-3-2-19-5-9-34-16-20(19)10-21/h2-5,9-11,16,24-29,36-38H,6-8,12-15,17-18H2,1H3/t24-,25-,26-,27-,28-,29+,30-,31+,32-,33?/m0/s1. The molecule has 0 radical (unpaired) electrons. The fourth-order valence-electron chi connectivity index (χ4n) is 10.8. The van der Waals surface area contributed by atoms with Gasteiger partial charge >= 0.3 is 0 Å². The summed E-state index contributed by atoms with van der Waals surface area (Å²) in [5, 5.41) is 34.1. The number of benzene rings is 1. The van der Waals surface area contributed by atoms with Gasteiger partial charge in [0.15, 0.2) is 0 Å². The van der Waals surface area contributed by atoms with Crippen molar-refractivity contribution in [1.82, 2.24) is 9.88 Å². The monoisotopic (exact) mass is 526 g/mol. The Hall–Kier alpha value is -2.09. The Bertz CT molecular complexity index is 1460. The minimum atomic E-state index is -0.741. The van der Waals surface area contributed by atoms with Crippen molar-refractivity contribution >= 4 is 10.8 Å². The third-order valence-electron chi connectivity index (χ3n) is 12.7. The third-order valence-corrected chi connectivity index (χ3v) is 12.7. The maximum absolute atomic E-state index is 11.2. The van der Waals surface area contributed by atoms with Crippen molar-refractivity contribution < 1.29 is 20.1 Å². The molecule has 3 saturated carbocycles. The van der Waals surface area contributed by atoms with Gasteiger partial charge in [0.05, 0.1) is 29.5 Å². The maximum Gasteiger partial charge on any atom is 0.0975 e. The Morgan fingerprint density at radius 3 is 2.69 bits per heavy atom. The number of allylic oxidation sites excluding steroid dienone is 1. The lowest BCUT2D eigenvalue weighted by molar-refractivity contribution is -0.154. The molecule has 2 aromatic rings. The number of aliphatic hydroxyl groups excluding tert-OH is 3. The van der Waals surface area contributed by atoms with E-state index in [9.17, 15) is 15.3 Å². The molecule has 1 aromatic carbocycles. The molecule has 2 bridgehead atoms. The molecule has 1 aromatic heterocycles. The molecule has 2 saturated heterocycles. The molecule has 7 aliphatic rings. The smallest absolute Gasteiger partial charge is 0.0975 e. The Balaban J connectivity index is 1.09. The Morgan fingerprint density at radius 1 is 1.00 bits per heavy atom. The number of pyridine rings is 1. The second kappa shape index (κ2) is 7.40. The molecule has 3 N–H and O–H groups in total. The zero-order valence-electron chi connectivity index (χ0n) is 22.6. The largest absolute Gasteiger partial charge is 0.391 e. The summed E-state index contributed by atoms with van der Waals surface area (Å²) in [6.07, 6.45) is 13.7. The van der Waals surface area contributed by atoms with Crippen LogP contribution in [0, 0.1) is 17.3 Å². The molecule has 5 fully saturated rings. The molecule has 204 valence electrons. The van der Waals surface area contributed by atoms with E-state index in [1.165, 1.54) is 40.3 Å². The van der Waals surface area contributed by atoms with Gasteiger partial charge in [0.1, 0.15) is 0 Å². The zero-order chi connectivity index (χ0) is 26.4. The SMILES string of the molecule is C[C@]12CC=C3C=C4C[C@H](O)[C@@H](N5C[C@H](O)[C@@H](O)C5)C[C@]45CCC3(O5)[C@@H]1C[C@H]1C[C@]12c1ccc2ccncc2c1. The highest BCUT2D eigenvalue weighted by Crippen LogP contribution is 2.80. The van der Waals surface area contributed by atoms with E-state index in [0.717, 1.165) is 25.7 Å². The summed E-state index contributed by atoms with van der Waals surface area (Å²) in [6, 6.07) is 9.08. The molecule has 3 aliphatic heterocycles. The van der Waals surface area contributed by atoms with Gasteiger partial charge in [-0.15, -0.1) is 0 Å². The number of β-amino-alcohol motifs (C(OH)–C–C–N with tert-alkyl or cyclic N) is 2. The molecule has 1 unspecified atom stereocenters. The van der Waals surface area contributed by atoms with Gasteiger partial charge < -0.3 is 20.1 Å². The van der Waals surface area contributed by atoms with Gasteiger partial charge in [-0.1, -0.05) is 31.2 Å². The lowest BCUT2D eigenvalue weighted by Gasteiger charge is -2.56. The van der Waals surface area contributed by atoms with E-state index in [4.69, 9.17) is 4.74 Å². The predicted molar refractivity (Wildman–Crippen MR) is 147 cm³/mol. The number of likely N-dealkylation sites (tertiary alicyclic amines) is 1. The highest BCUT2D eigenvalue weighted by atomic mass is 16.5. The van der Waals surface area contributed by atoms with Crippen molar-refractivity contribution in [2.24, 2.45) is 17.3 Å². The van der Waals surface area contributed by atoms with Gasteiger partial charge in [0.2, 0.25) is 0 Å². The van der Waals surface area contributed by atoms with E-state index < -0.39 is 18.3 Å². The first kappa shape index (κ1) is 23.6. The van der Waals surface area contributed by atoms with Gasteiger partial charge in [-0.3, -0.25) is 9.88 Å². The number of hydrogen-bond donors (Lipinski definition) is 3. The molecular weight excluding hydrogens is 488 g/mol. The van der Waals surface area contributed by atoms with E-state index >= 15 is 0 Å². The molecule has 9 rings (SSSR count). The van der Waals surface area contributed by atoms with Gasteiger partial charge in [0, 0.05) is 42.3 Å². The summed E-state index contributed by atoms with van der Waals surface area (Å²) in [4.78, 5) is 6.50. The first-order valence-electron chi connectivity index (χ1n) is 15.0. The highest BCUT2D eigenvalue weighted by Gasteiger charge is 2.78. The number of aliphatic hydroxyl groups is 3. The van der Waals surface area contributed by atoms with E-state index in [1.54, 1.807) is 0 Å². The lowest BCUT2D eigenvalue weighted by atomic mass is 9.55. The number of fused-ring (bicyclic) bond motifs is 4. The fraction of sp³-hybridized carbons (Fsp3) is 0.606. The summed E-state index contributed by atoms with van der Waals surface area (Å²) in [5.74, 6) is 1.18. The lowest BCUT2D eigenvalue weighted by Crippen LogP contribution is -2.59. The van der Waals surface area contributed by atoms with Crippen LogP contribution in [0.2, 0.25) is 0 Å². The average Bonchev–Trinajstić information content (AvgIpc) is 3.34. The van der Waals surface area contributed by atoms with E-state index in [2.05, 4.69) is 53.2 Å². The van der Waals surface area contributed by atoms with Crippen LogP contribution in [-0.4, -0.2) is 73.8 Å². The quantitative estimate of drug-likeness (QED) is 0.554. The number of aromatic nitrogens is 1. The van der Waals surface area contributed by atoms with Gasteiger partial charge in [-0.25, -0.2) is 0 Å². The van der Waals surface area contributed by atoms with Crippen LogP contribution < -0.4 is 0 Å². The van der Waals surface area contributed by atoms with E-state index in [-0.39, 0.29) is 28.1 Å². The predicted octanol–water partition coefficient (Wildman–Crippen LogP) is 3.64. The van der Waals surface area contributed by atoms with Crippen LogP contribution in [0.25, 0.3) is 10.8 Å². The van der Waals surface area contributed by atoms with Crippen LogP contribution in [0.5, 0.6) is 0 Å². The second-order valence-electron chi connectivity index (χ2n) is 14.2. The van der Waals surface area contributed by atoms with Gasteiger partial charge in [-0.05, 0) is 96.4 Å². The average molecular weight is 527 g/mol. The minimum Gasteiger partial charge on any atom is -0.391 e. The Kier molecular flexibility index (Phi) is 4.48. The van der Waals surface area contributed by atoms with E-state index in [0.29, 0.717) is 31.3 Å². The molecule has 10 atom stereocenters. The van der Waals surface area contributed by atoms with E-state index in [1.807, 2.05) is 12.4 Å². The molecular formula is C33H38N2O4. The molecule has 4 aliphatic carbocycles. The van der Waals surface area contributed by atoms with Crippen molar-refractivity contribution in [3.63, 3.8) is 0 Å². The molecule has 2 spiro atoms. The van der Waals surface area contributed by atoms with Crippen molar-refractivity contribution in [3.05, 3.63) is 65.5 Å². The number of rotatable bonds is 2.